The number of aliphatic hydroxyl groups is 1. The van der Waals surface area contributed by atoms with Gasteiger partial charge in [0.15, 0.2) is 0 Å². The Kier molecular flexibility index (Phi) is 4.04. The van der Waals surface area contributed by atoms with Crippen molar-refractivity contribution in [2.45, 2.75) is 19.1 Å². The van der Waals surface area contributed by atoms with E-state index in [0.717, 1.165) is 0 Å². The van der Waals surface area contributed by atoms with E-state index in [2.05, 4.69) is 42.6 Å². The molecule has 3 nitrogen and oxygen atoms in total. The van der Waals surface area contributed by atoms with E-state index in [1.165, 1.54) is 16.3 Å². The molecular weight excluding hydrogens is 262 g/mol. The lowest BCUT2D eigenvalue weighted by molar-refractivity contribution is 0.144. The summed E-state index contributed by atoms with van der Waals surface area (Å²) in [6.45, 7) is 2.56. The summed E-state index contributed by atoms with van der Waals surface area (Å²) in [5.41, 5.74) is 1.21. The van der Waals surface area contributed by atoms with Gasteiger partial charge in [-0.2, -0.15) is 0 Å². The monoisotopic (exact) mass is 281 g/mol. The third kappa shape index (κ3) is 3.15. The van der Waals surface area contributed by atoms with Gasteiger partial charge in [-0.3, -0.25) is 0 Å². The van der Waals surface area contributed by atoms with Gasteiger partial charge in [-0.15, -0.1) is 0 Å². The number of aliphatic hydroxyl groups excluding tert-OH is 1. The molecule has 2 atom stereocenters. The number of benzene rings is 2. The summed E-state index contributed by atoms with van der Waals surface area (Å²) < 4.78 is 5.20. The summed E-state index contributed by atoms with van der Waals surface area (Å²) in [4.78, 5) is 0. The van der Waals surface area contributed by atoms with Crippen molar-refractivity contribution in [3.05, 3.63) is 72.2 Å². The Bertz CT molecular complexity index is 706. The Morgan fingerprint density at radius 1 is 1.05 bits per heavy atom. The van der Waals surface area contributed by atoms with Crippen LogP contribution in [-0.2, 0) is 0 Å². The van der Waals surface area contributed by atoms with E-state index >= 15 is 0 Å². The summed E-state index contributed by atoms with van der Waals surface area (Å²) in [6, 6.07) is 18.5. The maximum Gasteiger partial charge on any atom is 0.133 e. The van der Waals surface area contributed by atoms with Crippen LogP contribution >= 0.6 is 0 Å². The van der Waals surface area contributed by atoms with Crippen LogP contribution in [0.5, 0.6) is 0 Å². The molecule has 2 unspecified atom stereocenters. The summed E-state index contributed by atoms with van der Waals surface area (Å²) in [5, 5.41) is 15.8. The highest BCUT2D eigenvalue weighted by Gasteiger charge is 2.12. The lowest BCUT2D eigenvalue weighted by Gasteiger charge is -2.17. The molecule has 1 aromatic heterocycles. The Hall–Kier alpha value is -2.10. The van der Waals surface area contributed by atoms with Gasteiger partial charge in [0.1, 0.15) is 11.9 Å². The standard InChI is InChI=1S/C18H19NO2/c1-13(19-12-17(20)18-7-4-10-21-18)15-9-8-14-5-2-3-6-16(14)11-15/h2-11,13,17,19-20H,12H2,1H3. The summed E-state index contributed by atoms with van der Waals surface area (Å²) in [5.74, 6) is 0.591. The van der Waals surface area contributed by atoms with Gasteiger partial charge in [-0.05, 0) is 41.5 Å². The third-order valence-electron chi connectivity index (χ3n) is 3.76. The summed E-state index contributed by atoms with van der Waals surface area (Å²) >= 11 is 0. The van der Waals surface area contributed by atoms with Gasteiger partial charge in [0.25, 0.3) is 0 Å². The number of nitrogens with one attached hydrogen (secondary N) is 1. The second-order valence-corrected chi connectivity index (χ2v) is 5.27. The van der Waals surface area contributed by atoms with Crippen LogP contribution in [0.25, 0.3) is 10.8 Å². The van der Waals surface area contributed by atoms with Gasteiger partial charge >= 0.3 is 0 Å². The van der Waals surface area contributed by atoms with E-state index < -0.39 is 6.10 Å². The van der Waals surface area contributed by atoms with Crippen molar-refractivity contribution in [3.63, 3.8) is 0 Å². The zero-order valence-corrected chi connectivity index (χ0v) is 12.0. The van der Waals surface area contributed by atoms with E-state index in [1.54, 1.807) is 18.4 Å². The van der Waals surface area contributed by atoms with Gasteiger partial charge in [-0.25, -0.2) is 0 Å². The van der Waals surface area contributed by atoms with Crippen LogP contribution in [0.1, 0.15) is 30.4 Å². The molecule has 0 fully saturated rings. The van der Waals surface area contributed by atoms with Gasteiger partial charge in [0.05, 0.1) is 6.26 Å². The molecule has 0 aliphatic carbocycles. The second kappa shape index (κ2) is 6.12. The van der Waals surface area contributed by atoms with Crippen molar-refractivity contribution in [3.8, 4) is 0 Å². The molecule has 2 aromatic carbocycles. The molecule has 0 radical (unpaired) electrons. The number of fused-ring (bicyclic) bond motifs is 1. The molecule has 0 saturated heterocycles. The van der Waals surface area contributed by atoms with Crippen molar-refractivity contribution in [2.24, 2.45) is 0 Å². The maximum atomic E-state index is 10.0. The van der Waals surface area contributed by atoms with E-state index in [4.69, 9.17) is 4.42 Å². The van der Waals surface area contributed by atoms with Crippen LogP contribution in [0.2, 0.25) is 0 Å². The fourth-order valence-electron chi connectivity index (χ4n) is 2.46. The fraction of sp³-hybridized carbons (Fsp3) is 0.222. The van der Waals surface area contributed by atoms with Gasteiger partial charge < -0.3 is 14.8 Å². The minimum absolute atomic E-state index is 0.166. The third-order valence-corrected chi connectivity index (χ3v) is 3.76. The zero-order valence-electron chi connectivity index (χ0n) is 12.0. The Labute approximate surface area is 124 Å². The average molecular weight is 281 g/mol. The lowest BCUT2D eigenvalue weighted by Crippen LogP contribution is -2.24. The Morgan fingerprint density at radius 2 is 1.86 bits per heavy atom. The normalized spacial score (nSPS) is 14.2. The van der Waals surface area contributed by atoms with E-state index in [0.29, 0.717) is 12.3 Å². The molecule has 3 rings (SSSR count). The first-order chi connectivity index (χ1) is 10.2. The van der Waals surface area contributed by atoms with Crippen LogP contribution in [0.15, 0.2) is 65.3 Å². The SMILES string of the molecule is CC(NCC(O)c1ccco1)c1ccc2ccccc2c1. The minimum atomic E-state index is -0.622. The second-order valence-electron chi connectivity index (χ2n) is 5.27. The molecule has 0 bridgehead atoms. The molecule has 1 heterocycles. The Balaban J connectivity index is 1.67. The number of hydrogen-bond acceptors (Lipinski definition) is 3. The van der Waals surface area contributed by atoms with Crippen molar-refractivity contribution in [2.75, 3.05) is 6.54 Å². The van der Waals surface area contributed by atoms with Crippen molar-refractivity contribution >= 4 is 10.8 Å². The molecule has 21 heavy (non-hydrogen) atoms. The highest BCUT2D eigenvalue weighted by Crippen LogP contribution is 2.21. The average Bonchev–Trinajstić information content (AvgIpc) is 3.06. The molecule has 3 heteroatoms. The molecule has 3 aromatic rings. The predicted molar refractivity (Wildman–Crippen MR) is 84.0 cm³/mol. The van der Waals surface area contributed by atoms with Crippen LogP contribution in [0.4, 0.5) is 0 Å². The molecule has 0 aliphatic heterocycles. The van der Waals surface area contributed by atoms with E-state index in [-0.39, 0.29) is 6.04 Å². The van der Waals surface area contributed by atoms with Gasteiger partial charge in [0, 0.05) is 12.6 Å². The van der Waals surface area contributed by atoms with E-state index in [1.807, 2.05) is 12.1 Å². The van der Waals surface area contributed by atoms with Crippen molar-refractivity contribution in [1.29, 1.82) is 0 Å². The number of rotatable bonds is 5. The molecule has 0 amide bonds. The van der Waals surface area contributed by atoms with Gasteiger partial charge in [0.2, 0.25) is 0 Å². The largest absolute Gasteiger partial charge is 0.467 e. The molecule has 0 aliphatic rings. The number of furan rings is 1. The summed E-state index contributed by atoms with van der Waals surface area (Å²) in [6.07, 6.45) is 0.952. The van der Waals surface area contributed by atoms with Crippen molar-refractivity contribution < 1.29 is 9.52 Å². The Morgan fingerprint density at radius 3 is 2.62 bits per heavy atom. The van der Waals surface area contributed by atoms with Gasteiger partial charge in [-0.1, -0.05) is 36.4 Å². The predicted octanol–water partition coefficient (Wildman–Crippen LogP) is 3.82. The summed E-state index contributed by atoms with van der Waals surface area (Å²) in [7, 11) is 0. The highest BCUT2D eigenvalue weighted by molar-refractivity contribution is 5.83. The van der Waals surface area contributed by atoms with E-state index in [9.17, 15) is 5.11 Å². The van der Waals surface area contributed by atoms with Crippen LogP contribution in [-0.4, -0.2) is 11.7 Å². The first-order valence-electron chi connectivity index (χ1n) is 7.17. The quantitative estimate of drug-likeness (QED) is 0.747. The first-order valence-corrected chi connectivity index (χ1v) is 7.17. The highest BCUT2D eigenvalue weighted by atomic mass is 16.4. The molecule has 0 saturated carbocycles. The van der Waals surface area contributed by atoms with Crippen LogP contribution in [0.3, 0.4) is 0 Å². The van der Waals surface area contributed by atoms with Crippen LogP contribution < -0.4 is 5.32 Å². The first kappa shape index (κ1) is 13.9. The maximum absolute atomic E-state index is 10.0. The minimum Gasteiger partial charge on any atom is -0.467 e. The van der Waals surface area contributed by atoms with Crippen molar-refractivity contribution in [1.82, 2.24) is 5.32 Å². The number of hydrogen-bond donors (Lipinski definition) is 2. The van der Waals surface area contributed by atoms with Crippen LogP contribution in [0, 0.1) is 0 Å². The molecule has 2 N–H and O–H groups in total. The molecular formula is C18H19NO2. The molecule has 108 valence electrons. The topological polar surface area (TPSA) is 45.4 Å². The smallest absolute Gasteiger partial charge is 0.133 e. The fourth-order valence-corrected chi connectivity index (χ4v) is 2.46. The lowest BCUT2D eigenvalue weighted by atomic mass is 10.0. The molecule has 0 spiro atoms. The zero-order chi connectivity index (χ0) is 14.7.